The van der Waals surface area contributed by atoms with Crippen molar-refractivity contribution in [3.8, 4) is 0 Å². The third-order valence-corrected chi connectivity index (χ3v) is 2.09. The van der Waals surface area contributed by atoms with Gasteiger partial charge in [0.2, 0.25) is 0 Å². The van der Waals surface area contributed by atoms with Gasteiger partial charge in [-0.3, -0.25) is 4.90 Å². The molecule has 0 spiro atoms. The first-order valence-electron chi connectivity index (χ1n) is 4.75. The van der Waals surface area contributed by atoms with Gasteiger partial charge in [-0.2, -0.15) is 13.2 Å². The molecule has 0 heterocycles. The fraction of sp³-hybridized carbons (Fsp3) is 1.00. The van der Waals surface area contributed by atoms with E-state index in [1.807, 2.05) is 0 Å². The Bertz CT molecular complexity index is 159. The summed E-state index contributed by atoms with van der Waals surface area (Å²) in [5.41, 5.74) is 0. The third-order valence-electron chi connectivity index (χ3n) is 2.09. The zero-order valence-electron chi connectivity index (χ0n) is 8.80. The van der Waals surface area contributed by atoms with Gasteiger partial charge in [0.1, 0.15) is 0 Å². The van der Waals surface area contributed by atoms with Crippen LogP contribution in [0.15, 0.2) is 0 Å². The highest BCUT2D eigenvalue weighted by molar-refractivity contribution is 4.71. The molecule has 1 N–H and O–H groups in total. The molecule has 0 rings (SSSR count). The van der Waals surface area contributed by atoms with Crippen molar-refractivity contribution in [2.24, 2.45) is 0 Å². The molecular weight excluding hydrogens is 195 g/mol. The highest BCUT2D eigenvalue weighted by Gasteiger charge is 2.32. The Morgan fingerprint density at radius 2 is 1.79 bits per heavy atom. The van der Waals surface area contributed by atoms with Gasteiger partial charge in [-0.25, -0.2) is 0 Å². The average Bonchev–Trinajstić information content (AvgIpc) is 1.96. The molecule has 0 amide bonds. The molecule has 0 aromatic heterocycles. The van der Waals surface area contributed by atoms with E-state index in [2.05, 4.69) is 0 Å². The summed E-state index contributed by atoms with van der Waals surface area (Å²) in [6.45, 7) is 4.40. The molecule has 0 aliphatic carbocycles. The van der Waals surface area contributed by atoms with E-state index < -0.39 is 18.8 Å². The Kier molecular flexibility index (Phi) is 5.44. The molecule has 0 fully saturated rings. The van der Waals surface area contributed by atoms with Crippen LogP contribution >= 0.6 is 0 Å². The second-order valence-electron chi connectivity index (χ2n) is 3.61. The lowest BCUT2D eigenvalue weighted by atomic mass is 10.1. The Morgan fingerprint density at radius 3 is 2.07 bits per heavy atom. The standard InChI is InChI=1S/C9H18F3NO/c1-4-13(6-9(10,11)12)7(2)5-8(3)14/h7-8,14H,4-6H2,1-3H3. The van der Waals surface area contributed by atoms with Crippen LogP contribution in [0.1, 0.15) is 27.2 Å². The summed E-state index contributed by atoms with van der Waals surface area (Å²) in [5.74, 6) is 0. The summed E-state index contributed by atoms with van der Waals surface area (Å²) >= 11 is 0. The van der Waals surface area contributed by atoms with Gasteiger partial charge in [0, 0.05) is 6.04 Å². The minimum absolute atomic E-state index is 0.248. The first-order chi connectivity index (χ1) is 6.26. The number of hydrogen-bond acceptors (Lipinski definition) is 2. The second-order valence-corrected chi connectivity index (χ2v) is 3.61. The monoisotopic (exact) mass is 213 g/mol. The van der Waals surface area contributed by atoms with Crippen molar-refractivity contribution in [2.75, 3.05) is 13.1 Å². The summed E-state index contributed by atoms with van der Waals surface area (Å²) in [6, 6.07) is -0.248. The topological polar surface area (TPSA) is 23.5 Å². The van der Waals surface area contributed by atoms with Crippen molar-refractivity contribution in [2.45, 2.75) is 45.5 Å². The lowest BCUT2D eigenvalue weighted by molar-refractivity contribution is -0.150. The summed E-state index contributed by atoms with van der Waals surface area (Å²) < 4.78 is 36.3. The average molecular weight is 213 g/mol. The molecule has 2 nitrogen and oxygen atoms in total. The molecule has 0 aromatic carbocycles. The van der Waals surface area contributed by atoms with Crippen molar-refractivity contribution >= 4 is 0 Å². The zero-order chi connectivity index (χ0) is 11.4. The van der Waals surface area contributed by atoms with Crippen LogP contribution in [-0.2, 0) is 0 Å². The van der Waals surface area contributed by atoms with Crippen molar-refractivity contribution in [3.05, 3.63) is 0 Å². The van der Waals surface area contributed by atoms with Crippen LogP contribution in [0.2, 0.25) is 0 Å². The maximum absolute atomic E-state index is 12.1. The molecule has 2 unspecified atom stereocenters. The van der Waals surface area contributed by atoms with Crippen LogP contribution < -0.4 is 0 Å². The van der Waals surface area contributed by atoms with Gasteiger partial charge in [0.05, 0.1) is 12.6 Å². The molecule has 0 saturated carbocycles. The summed E-state index contributed by atoms with van der Waals surface area (Å²) in [4.78, 5) is 1.31. The minimum atomic E-state index is -4.16. The maximum Gasteiger partial charge on any atom is 0.401 e. The minimum Gasteiger partial charge on any atom is -0.393 e. The number of halogens is 3. The molecule has 0 bridgehead atoms. The molecule has 2 atom stereocenters. The molecule has 0 aliphatic heterocycles. The molecule has 0 saturated heterocycles. The Labute approximate surface area is 82.7 Å². The largest absolute Gasteiger partial charge is 0.401 e. The molecular formula is C9H18F3NO. The fourth-order valence-electron chi connectivity index (χ4n) is 1.45. The molecule has 0 aromatic rings. The van der Waals surface area contributed by atoms with E-state index in [1.165, 1.54) is 4.90 Å². The third kappa shape index (κ3) is 6.21. The number of rotatable bonds is 5. The Hall–Kier alpha value is -0.290. The van der Waals surface area contributed by atoms with Crippen LogP contribution in [-0.4, -0.2) is 41.4 Å². The van der Waals surface area contributed by atoms with Crippen LogP contribution in [0.4, 0.5) is 13.2 Å². The van der Waals surface area contributed by atoms with E-state index >= 15 is 0 Å². The van der Waals surface area contributed by atoms with Crippen LogP contribution in [0.5, 0.6) is 0 Å². The molecule has 0 aliphatic rings. The molecule has 0 radical (unpaired) electrons. The smallest absolute Gasteiger partial charge is 0.393 e. The second kappa shape index (κ2) is 5.56. The summed E-state index contributed by atoms with van der Waals surface area (Å²) in [7, 11) is 0. The Morgan fingerprint density at radius 1 is 1.29 bits per heavy atom. The number of aliphatic hydroxyl groups excluding tert-OH is 1. The fourth-order valence-corrected chi connectivity index (χ4v) is 1.45. The van der Waals surface area contributed by atoms with Crippen molar-refractivity contribution in [1.82, 2.24) is 4.90 Å². The van der Waals surface area contributed by atoms with E-state index in [4.69, 9.17) is 5.11 Å². The number of nitrogens with zero attached hydrogens (tertiary/aromatic N) is 1. The molecule has 5 heteroatoms. The number of aliphatic hydroxyl groups is 1. The normalized spacial score (nSPS) is 17.1. The predicted molar refractivity (Wildman–Crippen MR) is 49.1 cm³/mol. The van der Waals surface area contributed by atoms with Crippen LogP contribution in [0.3, 0.4) is 0 Å². The quantitative estimate of drug-likeness (QED) is 0.755. The zero-order valence-corrected chi connectivity index (χ0v) is 8.80. The lowest BCUT2D eigenvalue weighted by Gasteiger charge is -2.29. The van der Waals surface area contributed by atoms with E-state index in [1.54, 1.807) is 20.8 Å². The summed E-state index contributed by atoms with van der Waals surface area (Å²) in [5, 5.41) is 9.06. The van der Waals surface area contributed by atoms with Crippen LogP contribution in [0.25, 0.3) is 0 Å². The molecule has 86 valence electrons. The number of alkyl halides is 3. The van der Waals surface area contributed by atoms with E-state index in [0.29, 0.717) is 13.0 Å². The van der Waals surface area contributed by atoms with Crippen molar-refractivity contribution < 1.29 is 18.3 Å². The van der Waals surface area contributed by atoms with Crippen LogP contribution in [0, 0.1) is 0 Å². The first-order valence-corrected chi connectivity index (χ1v) is 4.75. The predicted octanol–water partition coefficient (Wildman–Crippen LogP) is 2.03. The van der Waals surface area contributed by atoms with Gasteiger partial charge in [0.25, 0.3) is 0 Å². The molecule has 14 heavy (non-hydrogen) atoms. The van der Waals surface area contributed by atoms with Crippen molar-refractivity contribution in [1.29, 1.82) is 0 Å². The highest BCUT2D eigenvalue weighted by Crippen LogP contribution is 2.19. The number of hydrogen-bond donors (Lipinski definition) is 1. The van der Waals surface area contributed by atoms with Gasteiger partial charge in [-0.05, 0) is 26.8 Å². The van der Waals surface area contributed by atoms with Gasteiger partial charge in [-0.1, -0.05) is 6.92 Å². The van der Waals surface area contributed by atoms with Gasteiger partial charge in [0.15, 0.2) is 0 Å². The van der Waals surface area contributed by atoms with Gasteiger partial charge in [-0.15, -0.1) is 0 Å². The summed E-state index contributed by atoms with van der Waals surface area (Å²) in [6.07, 6.45) is -4.36. The maximum atomic E-state index is 12.1. The highest BCUT2D eigenvalue weighted by atomic mass is 19.4. The lowest BCUT2D eigenvalue weighted by Crippen LogP contribution is -2.41. The van der Waals surface area contributed by atoms with Crippen molar-refractivity contribution in [3.63, 3.8) is 0 Å². The van der Waals surface area contributed by atoms with E-state index in [9.17, 15) is 13.2 Å². The SMILES string of the molecule is CCN(CC(F)(F)F)C(C)CC(C)O. The van der Waals surface area contributed by atoms with E-state index in [-0.39, 0.29) is 6.04 Å². The first kappa shape index (κ1) is 13.7. The van der Waals surface area contributed by atoms with E-state index in [0.717, 1.165) is 0 Å². The van der Waals surface area contributed by atoms with Gasteiger partial charge >= 0.3 is 6.18 Å². The van der Waals surface area contributed by atoms with Gasteiger partial charge < -0.3 is 5.11 Å². The Balaban J connectivity index is 4.12.